The highest BCUT2D eigenvalue weighted by atomic mass is 16.5. The van der Waals surface area contributed by atoms with Crippen LogP contribution in [-0.2, 0) is 6.42 Å². The lowest BCUT2D eigenvalue weighted by molar-refractivity contribution is 0.196. The largest absolute Gasteiger partial charge is 0.493 e. The molecular formula is C29H42O. The fourth-order valence-corrected chi connectivity index (χ4v) is 5.16. The number of aryl methyl sites for hydroxylation is 1. The molecule has 0 heterocycles. The van der Waals surface area contributed by atoms with Crippen molar-refractivity contribution in [3.8, 4) is 17.6 Å². The van der Waals surface area contributed by atoms with Crippen molar-refractivity contribution in [2.45, 2.75) is 90.9 Å². The van der Waals surface area contributed by atoms with Gasteiger partial charge in [0.25, 0.3) is 0 Å². The number of allylic oxidation sites excluding steroid dienone is 2. The topological polar surface area (TPSA) is 9.23 Å². The molecule has 0 bridgehead atoms. The van der Waals surface area contributed by atoms with Gasteiger partial charge in [-0.05, 0) is 99.3 Å². The first-order valence-corrected chi connectivity index (χ1v) is 12.7. The third-order valence-electron chi connectivity index (χ3n) is 7.12. The van der Waals surface area contributed by atoms with E-state index in [4.69, 9.17) is 4.74 Å². The second kappa shape index (κ2) is 12.9. The van der Waals surface area contributed by atoms with Gasteiger partial charge in [0.2, 0.25) is 0 Å². The zero-order valence-corrected chi connectivity index (χ0v) is 19.4. The minimum absolute atomic E-state index is 0.583. The van der Waals surface area contributed by atoms with Crippen LogP contribution in [0, 0.1) is 35.5 Å². The second-order valence-electron chi connectivity index (χ2n) is 9.64. The summed E-state index contributed by atoms with van der Waals surface area (Å²) in [5, 5.41) is 0. The van der Waals surface area contributed by atoms with Crippen molar-refractivity contribution in [3.63, 3.8) is 0 Å². The summed E-state index contributed by atoms with van der Waals surface area (Å²) >= 11 is 0. The first-order valence-electron chi connectivity index (χ1n) is 12.7. The Hall–Kier alpha value is -1.68. The standard InChI is InChI=1S/C29H42O/c1-3-7-24-11-13-26(14-12-24)9-5-6-10-27-15-17-28(18-16-27)23-30-29-21-19-25(8-4-2)20-22-29/h5,9,19-22,24,26-28H,3-4,7-8,11-18,23H2,1-2H3. The number of hydrogen-bond donors (Lipinski definition) is 0. The quantitative estimate of drug-likeness (QED) is 0.397. The van der Waals surface area contributed by atoms with Crippen molar-refractivity contribution in [2.24, 2.45) is 23.7 Å². The van der Waals surface area contributed by atoms with Gasteiger partial charge in [0.1, 0.15) is 5.75 Å². The van der Waals surface area contributed by atoms with Crippen LogP contribution in [0.5, 0.6) is 5.75 Å². The van der Waals surface area contributed by atoms with Gasteiger partial charge in [-0.15, -0.1) is 0 Å². The maximum Gasteiger partial charge on any atom is 0.119 e. The first kappa shape index (κ1) is 23.0. The van der Waals surface area contributed by atoms with Crippen molar-refractivity contribution < 1.29 is 4.74 Å². The lowest BCUT2D eigenvalue weighted by atomic mass is 9.80. The Bertz CT molecular complexity index is 673. The molecule has 2 aliphatic carbocycles. The summed E-state index contributed by atoms with van der Waals surface area (Å²) in [6.45, 7) is 5.39. The summed E-state index contributed by atoms with van der Waals surface area (Å²) in [5.74, 6) is 10.9. The Balaban J connectivity index is 1.31. The lowest BCUT2D eigenvalue weighted by Gasteiger charge is -2.26. The van der Waals surface area contributed by atoms with Crippen LogP contribution in [0.1, 0.15) is 90.0 Å². The van der Waals surface area contributed by atoms with E-state index in [1.54, 1.807) is 0 Å². The van der Waals surface area contributed by atoms with E-state index in [1.807, 2.05) is 0 Å². The minimum atomic E-state index is 0.583. The highest BCUT2D eigenvalue weighted by molar-refractivity contribution is 5.27. The molecule has 1 heteroatoms. The van der Waals surface area contributed by atoms with Crippen LogP contribution in [0.2, 0.25) is 0 Å². The molecule has 2 saturated carbocycles. The van der Waals surface area contributed by atoms with Crippen LogP contribution < -0.4 is 4.74 Å². The summed E-state index contributed by atoms with van der Waals surface area (Å²) in [5.41, 5.74) is 1.40. The number of ether oxygens (including phenoxy) is 1. The summed E-state index contributed by atoms with van der Waals surface area (Å²) in [6.07, 6.45) is 20.2. The Kier molecular flexibility index (Phi) is 9.88. The number of benzene rings is 1. The molecule has 0 atom stereocenters. The molecule has 30 heavy (non-hydrogen) atoms. The molecule has 1 aromatic carbocycles. The first-order chi connectivity index (χ1) is 14.8. The van der Waals surface area contributed by atoms with E-state index in [-0.39, 0.29) is 0 Å². The Morgan fingerprint density at radius 3 is 2.23 bits per heavy atom. The van der Waals surface area contributed by atoms with E-state index < -0.39 is 0 Å². The third-order valence-corrected chi connectivity index (χ3v) is 7.12. The van der Waals surface area contributed by atoms with E-state index in [9.17, 15) is 0 Å². The molecule has 0 spiro atoms. The molecule has 0 amide bonds. The highest BCUT2D eigenvalue weighted by Crippen LogP contribution is 2.32. The molecule has 1 nitrogen and oxygen atoms in total. The third kappa shape index (κ3) is 7.86. The minimum Gasteiger partial charge on any atom is -0.493 e. The van der Waals surface area contributed by atoms with Crippen LogP contribution >= 0.6 is 0 Å². The zero-order valence-electron chi connectivity index (χ0n) is 19.4. The molecule has 0 N–H and O–H groups in total. The smallest absolute Gasteiger partial charge is 0.119 e. The number of rotatable bonds is 8. The van der Waals surface area contributed by atoms with Crippen LogP contribution in [0.3, 0.4) is 0 Å². The van der Waals surface area contributed by atoms with Crippen LogP contribution in [0.15, 0.2) is 36.4 Å². The maximum absolute atomic E-state index is 6.06. The molecule has 0 radical (unpaired) electrons. The van der Waals surface area contributed by atoms with E-state index >= 15 is 0 Å². The van der Waals surface area contributed by atoms with Crippen molar-refractivity contribution >= 4 is 0 Å². The van der Waals surface area contributed by atoms with Gasteiger partial charge in [-0.3, -0.25) is 0 Å². The van der Waals surface area contributed by atoms with Crippen LogP contribution in [-0.4, -0.2) is 6.61 Å². The normalized spacial score (nSPS) is 26.9. The lowest BCUT2D eigenvalue weighted by Crippen LogP contribution is -2.19. The maximum atomic E-state index is 6.06. The molecule has 164 valence electrons. The average Bonchev–Trinajstić information content (AvgIpc) is 2.78. The summed E-state index contributed by atoms with van der Waals surface area (Å²) in [4.78, 5) is 0. The average molecular weight is 407 g/mol. The Labute approximate surface area is 185 Å². The fraction of sp³-hybridized carbons (Fsp3) is 0.655. The highest BCUT2D eigenvalue weighted by Gasteiger charge is 2.20. The van der Waals surface area contributed by atoms with Crippen LogP contribution in [0.25, 0.3) is 0 Å². The second-order valence-corrected chi connectivity index (χ2v) is 9.64. The van der Waals surface area contributed by atoms with Crippen molar-refractivity contribution in [2.75, 3.05) is 6.61 Å². The van der Waals surface area contributed by atoms with Gasteiger partial charge in [-0.2, -0.15) is 0 Å². The van der Waals surface area contributed by atoms with E-state index in [1.165, 1.54) is 76.2 Å². The van der Waals surface area contributed by atoms with Gasteiger partial charge in [0, 0.05) is 5.92 Å². The zero-order chi connectivity index (χ0) is 21.0. The molecule has 0 unspecified atom stereocenters. The van der Waals surface area contributed by atoms with E-state index in [0.29, 0.717) is 11.8 Å². The summed E-state index contributed by atoms with van der Waals surface area (Å²) in [7, 11) is 0. The fourth-order valence-electron chi connectivity index (χ4n) is 5.16. The molecule has 2 fully saturated rings. The predicted octanol–water partition coefficient (Wildman–Crippen LogP) is 7.99. The predicted molar refractivity (Wildman–Crippen MR) is 129 cm³/mol. The summed E-state index contributed by atoms with van der Waals surface area (Å²) < 4.78 is 6.06. The molecule has 3 rings (SSSR count). The Morgan fingerprint density at radius 1 is 0.867 bits per heavy atom. The number of hydrogen-bond acceptors (Lipinski definition) is 1. The van der Waals surface area contributed by atoms with Crippen molar-refractivity contribution in [1.29, 1.82) is 0 Å². The monoisotopic (exact) mass is 406 g/mol. The molecule has 2 aliphatic rings. The molecule has 0 saturated heterocycles. The summed E-state index contributed by atoms with van der Waals surface area (Å²) in [6, 6.07) is 8.67. The van der Waals surface area contributed by atoms with Gasteiger partial charge in [-0.25, -0.2) is 0 Å². The SMILES string of the molecule is CCCc1ccc(OCC2CCC(C#CC=CC3CCC(CCC)CC3)CC2)cc1. The van der Waals surface area contributed by atoms with E-state index in [0.717, 1.165) is 30.6 Å². The molecule has 1 aromatic rings. The van der Waals surface area contributed by atoms with Crippen molar-refractivity contribution in [1.82, 2.24) is 0 Å². The van der Waals surface area contributed by atoms with Gasteiger partial charge >= 0.3 is 0 Å². The van der Waals surface area contributed by atoms with Gasteiger partial charge < -0.3 is 4.74 Å². The van der Waals surface area contributed by atoms with Gasteiger partial charge in [0.05, 0.1) is 6.61 Å². The van der Waals surface area contributed by atoms with Crippen molar-refractivity contribution in [3.05, 3.63) is 42.0 Å². The Morgan fingerprint density at radius 2 is 1.57 bits per heavy atom. The van der Waals surface area contributed by atoms with Gasteiger partial charge in [-0.1, -0.05) is 63.2 Å². The molecule has 0 aromatic heterocycles. The molecular weight excluding hydrogens is 364 g/mol. The van der Waals surface area contributed by atoms with Crippen LogP contribution in [0.4, 0.5) is 0 Å². The van der Waals surface area contributed by atoms with Gasteiger partial charge in [0.15, 0.2) is 0 Å². The van der Waals surface area contributed by atoms with E-state index in [2.05, 4.69) is 62.1 Å². The molecule has 0 aliphatic heterocycles.